The monoisotopic (exact) mass is 488 g/mol. The van der Waals surface area contributed by atoms with Crippen molar-refractivity contribution in [3.8, 4) is 0 Å². The van der Waals surface area contributed by atoms with Crippen molar-refractivity contribution in [2.45, 2.75) is 26.2 Å². The smallest absolute Gasteiger partial charge is 0.267 e. The number of anilines is 1. The summed E-state index contributed by atoms with van der Waals surface area (Å²) < 4.78 is 3.34. The molecule has 2 aromatic heterocycles. The van der Waals surface area contributed by atoms with Gasteiger partial charge in [-0.2, -0.15) is 6.92 Å². The molecule has 0 aliphatic rings. The van der Waals surface area contributed by atoms with Crippen LogP contribution in [-0.2, 0) is 62.8 Å². The summed E-state index contributed by atoms with van der Waals surface area (Å²) in [5, 5.41) is 5.85. The van der Waals surface area contributed by atoms with Gasteiger partial charge in [0, 0.05) is 84.1 Å². The maximum Gasteiger partial charge on any atom is 0.267 e. The van der Waals surface area contributed by atoms with Gasteiger partial charge in [0.05, 0.1) is 5.69 Å². The van der Waals surface area contributed by atoms with E-state index in [1.54, 1.807) is 47.8 Å². The summed E-state index contributed by atoms with van der Waals surface area (Å²) in [7, 11) is 3.49. The summed E-state index contributed by atoms with van der Waals surface area (Å²) in [4.78, 5) is 46.9. The fraction of sp³-hybridized carbons (Fsp3) is 0.381. The number of aromatic nitrogens is 2. The van der Waals surface area contributed by atoms with Crippen molar-refractivity contribution in [2.24, 2.45) is 14.1 Å². The van der Waals surface area contributed by atoms with Crippen molar-refractivity contribution in [3.05, 3.63) is 48.4 Å². The van der Waals surface area contributed by atoms with Crippen LogP contribution in [0.4, 0.5) is 5.69 Å². The third-order valence-electron chi connectivity index (χ3n) is 4.48. The number of carbonyl (C=O) groups excluding carboxylic acids is 4. The molecule has 30 heavy (non-hydrogen) atoms. The SMILES string of the molecule is [CH2-]C(=O)c1cc(CC(=O)CCNC(=O)c2cc(NCCC(C)=O)cn2C)cn1C.[Y]. The number of ketones is 3. The van der Waals surface area contributed by atoms with E-state index in [9.17, 15) is 19.2 Å². The van der Waals surface area contributed by atoms with Crippen LogP contribution in [0.2, 0.25) is 0 Å². The Kier molecular flexibility index (Phi) is 10.2. The van der Waals surface area contributed by atoms with E-state index < -0.39 is 0 Å². The Morgan fingerprint density at radius 3 is 2.23 bits per heavy atom. The van der Waals surface area contributed by atoms with Crippen LogP contribution in [0.5, 0.6) is 0 Å². The van der Waals surface area contributed by atoms with Crippen LogP contribution < -0.4 is 10.6 Å². The van der Waals surface area contributed by atoms with Gasteiger partial charge in [-0.3, -0.25) is 14.4 Å². The number of hydrogen-bond donors (Lipinski definition) is 2. The van der Waals surface area contributed by atoms with Crippen molar-refractivity contribution >= 4 is 28.9 Å². The minimum atomic E-state index is -0.295. The van der Waals surface area contributed by atoms with Crippen LogP contribution in [0.1, 0.15) is 46.3 Å². The topological polar surface area (TPSA) is 102 Å². The Bertz CT molecular complexity index is 930. The third-order valence-corrected chi connectivity index (χ3v) is 4.48. The van der Waals surface area contributed by atoms with Gasteiger partial charge in [0.1, 0.15) is 17.3 Å². The zero-order chi connectivity index (χ0) is 21.6. The van der Waals surface area contributed by atoms with Crippen LogP contribution >= 0.6 is 0 Å². The number of rotatable bonds is 11. The summed E-state index contributed by atoms with van der Waals surface area (Å²) >= 11 is 0. The number of amides is 1. The largest absolute Gasteiger partial charge is 0.425 e. The van der Waals surface area contributed by atoms with Crippen molar-refractivity contribution in [1.82, 2.24) is 14.5 Å². The minimum absolute atomic E-state index is 0. The van der Waals surface area contributed by atoms with Gasteiger partial charge >= 0.3 is 0 Å². The number of nitrogens with zero attached hydrogens (tertiary/aromatic N) is 2. The minimum Gasteiger partial charge on any atom is -0.425 e. The van der Waals surface area contributed by atoms with E-state index in [0.29, 0.717) is 24.4 Å². The Morgan fingerprint density at radius 2 is 1.63 bits per heavy atom. The predicted octanol–water partition coefficient (Wildman–Crippen LogP) is 1.70. The molecule has 0 atom stereocenters. The molecule has 2 heterocycles. The van der Waals surface area contributed by atoms with Gasteiger partial charge in [-0.05, 0) is 31.8 Å². The second-order valence-corrected chi connectivity index (χ2v) is 7.09. The van der Waals surface area contributed by atoms with Gasteiger partial charge in [-0.1, -0.05) is 5.69 Å². The first-order valence-corrected chi connectivity index (χ1v) is 9.38. The molecule has 0 aliphatic heterocycles. The van der Waals surface area contributed by atoms with Gasteiger partial charge in [0.15, 0.2) is 0 Å². The van der Waals surface area contributed by atoms with E-state index in [1.807, 2.05) is 0 Å². The fourth-order valence-electron chi connectivity index (χ4n) is 3.00. The maximum atomic E-state index is 12.4. The molecule has 0 fully saturated rings. The molecule has 159 valence electrons. The molecule has 8 nitrogen and oxygen atoms in total. The molecule has 9 heteroatoms. The quantitative estimate of drug-likeness (QED) is 0.371. The number of aryl methyl sites for hydroxylation is 2. The Labute approximate surface area is 201 Å². The normalized spacial score (nSPS) is 10.2. The molecule has 0 saturated heterocycles. The average molecular weight is 488 g/mol. The van der Waals surface area contributed by atoms with Gasteiger partial charge in [0.25, 0.3) is 5.91 Å². The van der Waals surface area contributed by atoms with Crippen molar-refractivity contribution in [2.75, 3.05) is 18.4 Å². The Morgan fingerprint density at radius 1 is 0.967 bits per heavy atom. The molecule has 1 radical (unpaired) electrons. The molecule has 0 spiro atoms. The number of Topliss-reactive ketones (excluding diaryl/α,β-unsaturated/α-hetero) is 3. The van der Waals surface area contributed by atoms with Gasteiger partial charge in [0.2, 0.25) is 0 Å². The molecule has 0 unspecified atom stereocenters. The molecular weight excluding hydrogens is 461 g/mol. The van der Waals surface area contributed by atoms with E-state index in [1.165, 1.54) is 6.92 Å². The zero-order valence-electron chi connectivity index (χ0n) is 17.7. The van der Waals surface area contributed by atoms with Crippen molar-refractivity contribution in [3.63, 3.8) is 0 Å². The van der Waals surface area contributed by atoms with Crippen LogP contribution in [0.15, 0.2) is 24.5 Å². The molecule has 0 aliphatic carbocycles. The first-order valence-electron chi connectivity index (χ1n) is 9.38. The van der Waals surface area contributed by atoms with E-state index in [2.05, 4.69) is 17.6 Å². The molecule has 2 rings (SSSR count). The van der Waals surface area contributed by atoms with E-state index in [0.717, 1.165) is 11.3 Å². The Hall–Kier alpha value is -2.19. The summed E-state index contributed by atoms with van der Waals surface area (Å²) in [6, 6.07) is 3.37. The summed E-state index contributed by atoms with van der Waals surface area (Å²) in [5.41, 5.74) is 2.43. The van der Waals surface area contributed by atoms with Crippen LogP contribution in [0, 0.1) is 6.92 Å². The molecular formula is C21H27N4O4Y-. The van der Waals surface area contributed by atoms with Gasteiger partial charge in [-0.15, -0.1) is 6.07 Å². The second-order valence-electron chi connectivity index (χ2n) is 7.09. The molecule has 2 aromatic rings. The predicted molar refractivity (Wildman–Crippen MR) is 110 cm³/mol. The summed E-state index contributed by atoms with van der Waals surface area (Å²) in [6.07, 6.45) is 4.33. The molecule has 0 bridgehead atoms. The summed E-state index contributed by atoms with van der Waals surface area (Å²) in [5.74, 6) is -0.501. The van der Waals surface area contributed by atoms with Crippen LogP contribution in [0.25, 0.3) is 0 Å². The van der Waals surface area contributed by atoms with E-state index in [4.69, 9.17) is 0 Å². The maximum absolute atomic E-state index is 12.4. The Balaban J connectivity index is 0.00000450. The van der Waals surface area contributed by atoms with Crippen molar-refractivity contribution in [1.29, 1.82) is 0 Å². The van der Waals surface area contributed by atoms with Crippen LogP contribution in [-0.4, -0.2) is 45.5 Å². The molecule has 0 aromatic carbocycles. The number of carbonyl (C=O) groups is 4. The third kappa shape index (κ3) is 7.57. The fourth-order valence-corrected chi connectivity index (χ4v) is 3.00. The number of hydrogen-bond acceptors (Lipinski definition) is 5. The van der Waals surface area contributed by atoms with Gasteiger partial charge in [-0.25, -0.2) is 0 Å². The second kappa shape index (κ2) is 11.9. The first-order chi connectivity index (χ1) is 13.7. The summed E-state index contributed by atoms with van der Waals surface area (Å²) in [6.45, 7) is 5.65. The van der Waals surface area contributed by atoms with E-state index >= 15 is 0 Å². The number of nitrogens with one attached hydrogen (secondary N) is 2. The average Bonchev–Trinajstić information content (AvgIpc) is 3.17. The van der Waals surface area contributed by atoms with Gasteiger partial charge < -0.3 is 24.6 Å². The standard InChI is InChI=1S/C21H27N4O4.Y/c1-14(26)5-7-22-17-11-20(25(4)13-17)21(29)23-8-6-18(28)9-16-10-19(15(2)27)24(3)12-16;/h10-13,22H,2,5-9H2,1,3-4H3,(H,23,29);/q-1;. The van der Waals surface area contributed by atoms with Crippen LogP contribution in [0.3, 0.4) is 0 Å². The molecule has 1 amide bonds. The zero-order valence-corrected chi connectivity index (χ0v) is 20.5. The van der Waals surface area contributed by atoms with E-state index in [-0.39, 0.29) is 75.4 Å². The molecule has 2 N–H and O–H groups in total. The van der Waals surface area contributed by atoms with Crippen molar-refractivity contribution < 1.29 is 51.9 Å². The first kappa shape index (κ1) is 25.8. The molecule has 0 saturated carbocycles.